The van der Waals surface area contributed by atoms with Gasteiger partial charge in [0.2, 0.25) is 0 Å². The molecule has 0 radical (unpaired) electrons. The van der Waals surface area contributed by atoms with Crippen LogP contribution in [0.4, 0.5) is 5.69 Å². The normalized spacial score (nSPS) is 10.4. The molecule has 3 nitrogen and oxygen atoms in total. The zero-order valence-electron chi connectivity index (χ0n) is 9.32. The molecular weight excluding hydrogens is 298 g/mol. The van der Waals surface area contributed by atoms with Gasteiger partial charge in [0.1, 0.15) is 0 Å². The SMILES string of the molecule is Brc1cccc(NCCNCc2cscn2)c1. The van der Waals surface area contributed by atoms with Crippen molar-refractivity contribution in [3.8, 4) is 0 Å². The number of hydrogen-bond donors (Lipinski definition) is 2. The standard InChI is InChI=1S/C12H14BrN3S/c13-10-2-1-3-11(6-10)15-5-4-14-7-12-8-17-9-16-12/h1-3,6,8-9,14-15H,4-5,7H2. The molecule has 2 rings (SSSR count). The predicted molar refractivity (Wildman–Crippen MR) is 76.5 cm³/mol. The summed E-state index contributed by atoms with van der Waals surface area (Å²) in [6.45, 7) is 2.66. The maximum Gasteiger partial charge on any atom is 0.0795 e. The number of aromatic nitrogens is 1. The van der Waals surface area contributed by atoms with Gasteiger partial charge in [0.25, 0.3) is 0 Å². The molecule has 0 saturated carbocycles. The summed E-state index contributed by atoms with van der Waals surface area (Å²) in [4.78, 5) is 4.21. The van der Waals surface area contributed by atoms with Gasteiger partial charge in [-0.2, -0.15) is 0 Å². The molecule has 0 unspecified atom stereocenters. The van der Waals surface area contributed by atoms with E-state index in [1.165, 1.54) is 0 Å². The van der Waals surface area contributed by atoms with E-state index in [1.54, 1.807) is 11.3 Å². The van der Waals surface area contributed by atoms with Crippen LogP contribution in [-0.2, 0) is 6.54 Å². The monoisotopic (exact) mass is 311 g/mol. The Morgan fingerprint density at radius 3 is 3.00 bits per heavy atom. The summed E-state index contributed by atoms with van der Waals surface area (Å²) in [5.41, 5.74) is 4.10. The van der Waals surface area contributed by atoms with Crippen LogP contribution in [0.15, 0.2) is 39.6 Å². The van der Waals surface area contributed by atoms with Crippen LogP contribution in [0, 0.1) is 0 Å². The fourth-order valence-electron chi connectivity index (χ4n) is 1.43. The van der Waals surface area contributed by atoms with Gasteiger partial charge in [-0.1, -0.05) is 22.0 Å². The van der Waals surface area contributed by atoms with Crippen molar-refractivity contribution in [2.24, 2.45) is 0 Å². The lowest BCUT2D eigenvalue weighted by Gasteiger charge is -2.07. The van der Waals surface area contributed by atoms with Crippen molar-refractivity contribution >= 4 is 33.0 Å². The van der Waals surface area contributed by atoms with Gasteiger partial charge in [-0.3, -0.25) is 0 Å². The number of nitrogens with zero attached hydrogens (tertiary/aromatic N) is 1. The topological polar surface area (TPSA) is 37.0 Å². The zero-order valence-corrected chi connectivity index (χ0v) is 11.7. The number of thiazole rings is 1. The minimum absolute atomic E-state index is 0.837. The highest BCUT2D eigenvalue weighted by Gasteiger charge is 1.94. The molecule has 0 atom stereocenters. The first kappa shape index (κ1) is 12.5. The lowest BCUT2D eigenvalue weighted by atomic mass is 10.3. The Balaban J connectivity index is 1.63. The quantitative estimate of drug-likeness (QED) is 0.805. The molecule has 90 valence electrons. The third-order valence-electron chi connectivity index (χ3n) is 2.25. The molecular formula is C12H14BrN3S. The third-order valence-corrected chi connectivity index (χ3v) is 3.37. The van der Waals surface area contributed by atoms with Crippen molar-refractivity contribution in [3.63, 3.8) is 0 Å². The van der Waals surface area contributed by atoms with Crippen molar-refractivity contribution in [2.75, 3.05) is 18.4 Å². The molecule has 0 amide bonds. The van der Waals surface area contributed by atoms with Gasteiger partial charge < -0.3 is 10.6 Å². The van der Waals surface area contributed by atoms with Crippen LogP contribution < -0.4 is 10.6 Å². The Hall–Kier alpha value is -0.910. The van der Waals surface area contributed by atoms with Crippen LogP contribution in [-0.4, -0.2) is 18.1 Å². The van der Waals surface area contributed by atoms with E-state index >= 15 is 0 Å². The van der Waals surface area contributed by atoms with Crippen LogP contribution in [0.5, 0.6) is 0 Å². The number of hydrogen-bond acceptors (Lipinski definition) is 4. The number of benzene rings is 1. The maximum absolute atomic E-state index is 4.21. The second kappa shape index (κ2) is 6.74. The highest BCUT2D eigenvalue weighted by molar-refractivity contribution is 9.10. The van der Waals surface area contributed by atoms with Crippen molar-refractivity contribution < 1.29 is 0 Å². The first-order chi connectivity index (χ1) is 8.34. The zero-order chi connectivity index (χ0) is 11.9. The summed E-state index contributed by atoms with van der Waals surface area (Å²) in [7, 11) is 0. The Bertz CT molecular complexity index is 445. The highest BCUT2D eigenvalue weighted by atomic mass is 79.9. The Morgan fingerprint density at radius 1 is 1.29 bits per heavy atom. The molecule has 1 aromatic carbocycles. The van der Waals surface area contributed by atoms with Gasteiger partial charge in [-0.05, 0) is 18.2 Å². The molecule has 2 N–H and O–H groups in total. The van der Waals surface area contributed by atoms with E-state index in [2.05, 4.69) is 49.1 Å². The van der Waals surface area contributed by atoms with Crippen molar-refractivity contribution in [1.82, 2.24) is 10.3 Å². The maximum atomic E-state index is 4.21. The first-order valence-corrected chi connectivity index (χ1v) is 7.15. The fourth-order valence-corrected chi connectivity index (χ4v) is 2.39. The van der Waals surface area contributed by atoms with E-state index < -0.39 is 0 Å². The van der Waals surface area contributed by atoms with Crippen molar-refractivity contribution in [3.05, 3.63) is 45.3 Å². The minimum atomic E-state index is 0.837. The Labute approximate surface area is 113 Å². The molecule has 0 saturated heterocycles. The van der Waals surface area contributed by atoms with Gasteiger partial charge in [0, 0.05) is 35.2 Å². The van der Waals surface area contributed by atoms with E-state index in [0.717, 1.165) is 35.5 Å². The van der Waals surface area contributed by atoms with E-state index in [-0.39, 0.29) is 0 Å². The van der Waals surface area contributed by atoms with Gasteiger partial charge in [0.05, 0.1) is 11.2 Å². The smallest absolute Gasteiger partial charge is 0.0795 e. The molecule has 2 aromatic rings. The van der Waals surface area contributed by atoms with Gasteiger partial charge in [0.15, 0.2) is 0 Å². The Kier molecular flexibility index (Phi) is 4.97. The second-order valence-electron chi connectivity index (χ2n) is 3.59. The summed E-state index contributed by atoms with van der Waals surface area (Å²) in [6, 6.07) is 8.17. The third kappa shape index (κ3) is 4.46. The average Bonchev–Trinajstić information content (AvgIpc) is 2.82. The van der Waals surface area contributed by atoms with Crippen LogP contribution in [0.25, 0.3) is 0 Å². The molecule has 1 aromatic heterocycles. The minimum Gasteiger partial charge on any atom is -0.384 e. The lowest BCUT2D eigenvalue weighted by Crippen LogP contribution is -2.21. The molecule has 0 spiro atoms. The largest absolute Gasteiger partial charge is 0.384 e. The summed E-state index contributed by atoms with van der Waals surface area (Å²) in [5.74, 6) is 0. The van der Waals surface area contributed by atoms with Crippen molar-refractivity contribution in [1.29, 1.82) is 0 Å². The molecule has 0 aliphatic heterocycles. The molecule has 0 aliphatic rings. The van der Waals surface area contributed by atoms with Crippen LogP contribution in [0.3, 0.4) is 0 Å². The number of nitrogens with one attached hydrogen (secondary N) is 2. The molecule has 17 heavy (non-hydrogen) atoms. The van der Waals surface area contributed by atoms with Crippen molar-refractivity contribution in [2.45, 2.75) is 6.54 Å². The molecule has 0 bridgehead atoms. The summed E-state index contributed by atoms with van der Waals surface area (Å²) in [6.07, 6.45) is 0. The van der Waals surface area contributed by atoms with Crippen LogP contribution in [0.2, 0.25) is 0 Å². The van der Waals surface area contributed by atoms with Gasteiger partial charge >= 0.3 is 0 Å². The summed E-state index contributed by atoms with van der Waals surface area (Å²) in [5, 5.41) is 8.76. The molecule has 0 fully saturated rings. The van der Waals surface area contributed by atoms with Crippen LogP contribution in [0.1, 0.15) is 5.69 Å². The average molecular weight is 312 g/mol. The summed E-state index contributed by atoms with van der Waals surface area (Å²) >= 11 is 5.08. The highest BCUT2D eigenvalue weighted by Crippen LogP contribution is 2.14. The summed E-state index contributed by atoms with van der Waals surface area (Å²) < 4.78 is 1.10. The fraction of sp³-hybridized carbons (Fsp3) is 0.250. The van der Waals surface area contributed by atoms with E-state index in [4.69, 9.17) is 0 Å². The second-order valence-corrected chi connectivity index (χ2v) is 5.23. The predicted octanol–water partition coefficient (Wildman–Crippen LogP) is 3.11. The number of rotatable bonds is 6. The number of halogens is 1. The lowest BCUT2D eigenvalue weighted by molar-refractivity contribution is 0.696. The first-order valence-electron chi connectivity index (χ1n) is 5.42. The molecule has 5 heteroatoms. The van der Waals surface area contributed by atoms with Gasteiger partial charge in [-0.25, -0.2) is 4.98 Å². The van der Waals surface area contributed by atoms with Gasteiger partial charge in [-0.15, -0.1) is 11.3 Å². The number of anilines is 1. The Morgan fingerprint density at radius 2 is 2.24 bits per heavy atom. The molecule has 1 heterocycles. The van der Waals surface area contributed by atoms with Crippen LogP contribution >= 0.6 is 27.3 Å². The molecule has 0 aliphatic carbocycles. The van der Waals surface area contributed by atoms with E-state index in [1.807, 2.05) is 17.6 Å². The van der Waals surface area contributed by atoms with E-state index in [9.17, 15) is 0 Å². The van der Waals surface area contributed by atoms with E-state index in [0.29, 0.717) is 0 Å².